The number of benzene rings is 1. The van der Waals surface area contributed by atoms with Gasteiger partial charge in [0.05, 0.1) is 16.7 Å². The number of anilines is 1. The molecule has 6 aromatic rings. The largest absolute Gasteiger partial charge is 0.383 e. The molecule has 1 amide bonds. The molecule has 7 rings (SSSR count). The first-order valence-corrected chi connectivity index (χ1v) is 13.8. The molecular weight excluding hydrogens is 590 g/mol. The number of nitrogens with zero attached hydrogens (tertiary/aromatic N) is 7. The van der Waals surface area contributed by atoms with Crippen molar-refractivity contribution in [3.63, 3.8) is 0 Å². The Morgan fingerprint density at radius 2 is 1.71 bits per heavy atom. The molecule has 1 aliphatic rings. The number of nitrogens with two attached hydrogens (primary N) is 2. The average Bonchev–Trinajstić information content (AvgIpc) is 3.81. The van der Waals surface area contributed by atoms with E-state index in [1.54, 1.807) is 41.4 Å². The van der Waals surface area contributed by atoms with E-state index in [1.165, 1.54) is 27.9 Å². The highest BCUT2D eigenvalue weighted by molar-refractivity contribution is 5.92. The second-order valence-corrected chi connectivity index (χ2v) is 10.1. The maximum absolute atomic E-state index is 14.2. The van der Waals surface area contributed by atoms with Crippen molar-refractivity contribution in [3.05, 3.63) is 107 Å². The van der Waals surface area contributed by atoms with Crippen LogP contribution < -0.4 is 11.5 Å². The minimum Gasteiger partial charge on any atom is -0.383 e. The Bertz CT molecular complexity index is 1990. The third kappa shape index (κ3) is 5.81. The lowest BCUT2D eigenvalue weighted by molar-refractivity contribution is 0.0999. The molecule has 0 atom stereocenters. The maximum atomic E-state index is 14.2. The van der Waals surface area contributed by atoms with Crippen LogP contribution in [-0.4, -0.2) is 40.2 Å². The summed E-state index contributed by atoms with van der Waals surface area (Å²) in [5.41, 5.74) is 14.9. The Morgan fingerprint density at radius 3 is 2.38 bits per heavy atom. The number of aromatic nitrogens is 7. The molecule has 0 unspecified atom stereocenters. The van der Waals surface area contributed by atoms with Gasteiger partial charge in [0.25, 0.3) is 12.9 Å². The number of nitrogen functional groups attached to an aromatic ring is 1. The number of carbonyl (C=O) groups is 1. The van der Waals surface area contributed by atoms with Gasteiger partial charge in [0, 0.05) is 30.5 Å². The number of pyridine rings is 3. The molecule has 45 heavy (non-hydrogen) atoms. The lowest BCUT2D eigenvalue weighted by Gasteiger charge is -2.12. The summed E-state index contributed by atoms with van der Waals surface area (Å²) >= 11 is 0. The van der Waals surface area contributed by atoms with Crippen LogP contribution in [0.1, 0.15) is 52.0 Å². The second-order valence-electron chi connectivity index (χ2n) is 10.1. The van der Waals surface area contributed by atoms with E-state index in [4.69, 9.17) is 16.5 Å². The van der Waals surface area contributed by atoms with Crippen LogP contribution in [0.25, 0.3) is 34.1 Å². The lowest BCUT2D eigenvalue weighted by atomic mass is 10.1. The molecule has 14 heteroatoms. The maximum Gasteiger partial charge on any atom is 0.280 e. The summed E-state index contributed by atoms with van der Waals surface area (Å²) in [6.45, 7) is 0. The number of primary amides is 1. The number of halogens is 4. The molecule has 4 N–H and O–H groups in total. The molecule has 1 aliphatic carbocycles. The molecule has 228 valence electrons. The van der Waals surface area contributed by atoms with Crippen molar-refractivity contribution in [1.82, 2.24) is 34.3 Å². The Hall–Kier alpha value is -5.66. The first-order chi connectivity index (χ1) is 21.7. The van der Waals surface area contributed by atoms with Gasteiger partial charge in [-0.05, 0) is 78.9 Å². The van der Waals surface area contributed by atoms with Crippen molar-refractivity contribution in [3.8, 4) is 22.9 Å². The van der Waals surface area contributed by atoms with Crippen LogP contribution >= 0.6 is 0 Å². The summed E-state index contributed by atoms with van der Waals surface area (Å²) in [6.07, 6.45) is 3.62. The zero-order valence-electron chi connectivity index (χ0n) is 23.5. The van der Waals surface area contributed by atoms with Crippen LogP contribution in [0, 0.1) is 0 Å². The topological polar surface area (TPSA) is 143 Å². The van der Waals surface area contributed by atoms with Crippen LogP contribution in [0.2, 0.25) is 0 Å². The molecular formula is C31H25F4N9O. The van der Waals surface area contributed by atoms with Gasteiger partial charge < -0.3 is 11.5 Å². The third-order valence-corrected chi connectivity index (χ3v) is 7.32. The molecule has 5 heterocycles. The molecule has 0 fully saturated rings. The highest BCUT2D eigenvalue weighted by atomic mass is 19.3. The van der Waals surface area contributed by atoms with Crippen LogP contribution in [0.5, 0.6) is 0 Å². The van der Waals surface area contributed by atoms with E-state index in [-0.39, 0.29) is 34.0 Å². The zero-order chi connectivity index (χ0) is 31.7. The molecule has 0 saturated carbocycles. The van der Waals surface area contributed by atoms with Crippen molar-refractivity contribution in [1.29, 1.82) is 0 Å². The van der Waals surface area contributed by atoms with Crippen LogP contribution in [0.15, 0.2) is 79.4 Å². The SMILES string of the molecule is NC(=O)c1ccc(C(F)F)nc1.Nc1ncccc1-c1nc2c(C(F)F)cc(-n3cccn3)nc2n1-c1ccc2c(c1)CCC2. The van der Waals surface area contributed by atoms with Crippen LogP contribution in [-0.2, 0) is 12.8 Å². The fraction of sp³-hybridized carbons (Fsp3) is 0.161. The molecule has 0 radical (unpaired) electrons. The molecule has 10 nitrogen and oxygen atoms in total. The highest BCUT2D eigenvalue weighted by Crippen LogP contribution is 2.36. The Balaban J connectivity index is 0.000000252. The number of carbonyl (C=O) groups excluding carboxylic acids is 1. The summed E-state index contributed by atoms with van der Waals surface area (Å²) in [5.74, 6) is 0.292. The summed E-state index contributed by atoms with van der Waals surface area (Å²) in [4.78, 5) is 27.3. The van der Waals surface area contributed by atoms with Gasteiger partial charge in [-0.1, -0.05) is 6.07 Å². The highest BCUT2D eigenvalue weighted by Gasteiger charge is 2.25. The van der Waals surface area contributed by atoms with E-state index in [9.17, 15) is 22.4 Å². The van der Waals surface area contributed by atoms with Gasteiger partial charge in [-0.25, -0.2) is 37.2 Å². The first-order valence-electron chi connectivity index (χ1n) is 13.8. The second kappa shape index (κ2) is 12.1. The van der Waals surface area contributed by atoms with Gasteiger partial charge in [-0.3, -0.25) is 14.3 Å². The molecule has 5 aromatic heterocycles. The molecule has 0 saturated heterocycles. The van der Waals surface area contributed by atoms with E-state index in [1.807, 2.05) is 6.07 Å². The molecule has 0 spiro atoms. The smallest absolute Gasteiger partial charge is 0.280 e. The molecule has 1 aromatic carbocycles. The number of rotatable bonds is 6. The number of hydrogen-bond donors (Lipinski definition) is 2. The van der Waals surface area contributed by atoms with Crippen LogP contribution in [0.3, 0.4) is 0 Å². The van der Waals surface area contributed by atoms with E-state index in [0.29, 0.717) is 17.0 Å². The number of hydrogen-bond acceptors (Lipinski definition) is 7. The van der Waals surface area contributed by atoms with Crippen LogP contribution in [0.4, 0.5) is 23.4 Å². The zero-order valence-corrected chi connectivity index (χ0v) is 23.5. The third-order valence-electron chi connectivity index (χ3n) is 7.32. The summed E-state index contributed by atoms with van der Waals surface area (Å²) in [5, 5.41) is 4.17. The van der Waals surface area contributed by atoms with Gasteiger partial charge in [0.2, 0.25) is 5.91 Å². The van der Waals surface area contributed by atoms with E-state index in [0.717, 1.165) is 37.2 Å². The van der Waals surface area contributed by atoms with Gasteiger partial charge in [0.15, 0.2) is 17.3 Å². The Labute approximate surface area is 253 Å². The number of aryl methyl sites for hydroxylation is 2. The quantitative estimate of drug-likeness (QED) is 0.226. The average molecular weight is 616 g/mol. The number of imidazole rings is 1. The van der Waals surface area contributed by atoms with Crippen molar-refractivity contribution in [2.45, 2.75) is 32.1 Å². The Kier molecular flexibility index (Phi) is 7.94. The lowest BCUT2D eigenvalue weighted by Crippen LogP contribution is -2.11. The van der Waals surface area contributed by atoms with E-state index >= 15 is 0 Å². The first kappa shape index (κ1) is 29.4. The summed E-state index contributed by atoms with van der Waals surface area (Å²) in [7, 11) is 0. The Morgan fingerprint density at radius 1 is 0.889 bits per heavy atom. The normalized spacial score (nSPS) is 12.4. The predicted molar refractivity (Wildman–Crippen MR) is 158 cm³/mol. The van der Waals surface area contributed by atoms with Crippen molar-refractivity contribution in [2.24, 2.45) is 5.73 Å². The van der Waals surface area contributed by atoms with E-state index in [2.05, 4.69) is 32.2 Å². The van der Waals surface area contributed by atoms with Crippen molar-refractivity contribution < 1.29 is 22.4 Å². The standard InChI is InChI=1S/C24H19F2N7.C7H6F2N2O/c25-21(26)18-13-19(32-11-3-10-29-32)30-24-20(18)31-23(17-6-2-9-28-22(17)27)33(24)16-8-7-14-4-1-5-15(14)12-16;8-6(9)5-2-1-4(3-11-5)7(10)12/h2-3,6-13,21H,1,4-5H2,(H2,27,28);1-3,6H,(H2,10,12). The fourth-order valence-corrected chi connectivity index (χ4v) is 5.15. The predicted octanol–water partition coefficient (Wildman–Crippen LogP) is 5.79. The van der Waals surface area contributed by atoms with Crippen molar-refractivity contribution in [2.75, 3.05) is 5.73 Å². The monoisotopic (exact) mass is 615 g/mol. The number of alkyl halides is 4. The van der Waals surface area contributed by atoms with Gasteiger partial charge in [-0.15, -0.1) is 0 Å². The number of amides is 1. The minimum atomic E-state index is -2.74. The fourth-order valence-electron chi connectivity index (χ4n) is 5.15. The number of fused-ring (bicyclic) bond motifs is 2. The van der Waals surface area contributed by atoms with Gasteiger partial charge in [0.1, 0.15) is 17.0 Å². The minimum absolute atomic E-state index is 0.124. The summed E-state index contributed by atoms with van der Waals surface area (Å²) < 4.78 is 55.5. The van der Waals surface area contributed by atoms with Crippen molar-refractivity contribution >= 4 is 22.9 Å². The van der Waals surface area contributed by atoms with E-state index < -0.39 is 18.8 Å². The van der Waals surface area contributed by atoms with Gasteiger partial charge in [-0.2, -0.15) is 5.10 Å². The summed E-state index contributed by atoms with van der Waals surface area (Å²) in [6, 6.07) is 15.0. The molecule has 0 aliphatic heterocycles. The van der Waals surface area contributed by atoms with Gasteiger partial charge >= 0.3 is 0 Å². The molecule has 0 bridgehead atoms.